The molecule has 0 spiro atoms. The van der Waals surface area contributed by atoms with Crippen molar-refractivity contribution in [2.24, 2.45) is 7.05 Å². The average Bonchev–Trinajstić information content (AvgIpc) is 3.34. The lowest BCUT2D eigenvalue weighted by Gasteiger charge is -2.12. The predicted molar refractivity (Wildman–Crippen MR) is 100 cm³/mol. The molecule has 0 saturated carbocycles. The van der Waals surface area contributed by atoms with E-state index < -0.39 is 0 Å². The van der Waals surface area contributed by atoms with E-state index >= 15 is 0 Å². The van der Waals surface area contributed by atoms with Crippen LogP contribution in [0.5, 0.6) is 0 Å². The fraction of sp³-hybridized carbons (Fsp3) is 0.111. The van der Waals surface area contributed by atoms with Gasteiger partial charge in [0.1, 0.15) is 0 Å². The summed E-state index contributed by atoms with van der Waals surface area (Å²) in [5, 5.41) is 20.1. The number of nitriles is 1. The molecule has 1 aromatic carbocycles. The smallest absolute Gasteiger partial charge is 0.193 e. The van der Waals surface area contributed by atoms with Crippen LogP contribution >= 0.6 is 11.8 Å². The Morgan fingerprint density at radius 3 is 2.93 bits per heavy atom. The van der Waals surface area contributed by atoms with E-state index in [9.17, 15) is 0 Å². The quantitative estimate of drug-likeness (QED) is 0.678. The minimum atomic E-state index is 0.570. The van der Waals surface area contributed by atoms with E-state index in [0.29, 0.717) is 17.2 Å². The second-order valence-corrected chi connectivity index (χ2v) is 6.64. The molecule has 2 aromatic heterocycles. The molecule has 0 radical (unpaired) electrons. The average molecular weight is 377 g/mol. The Balaban J connectivity index is 1.43. The van der Waals surface area contributed by atoms with Gasteiger partial charge in [-0.25, -0.2) is 0 Å². The van der Waals surface area contributed by atoms with Crippen LogP contribution in [0.3, 0.4) is 0 Å². The van der Waals surface area contributed by atoms with Crippen LogP contribution in [0.2, 0.25) is 0 Å². The Hall–Kier alpha value is -3.35. The van der Waals surface area contributed by atoms with Crippen molar-refractivity contribution in [3.05, 3.63) is 66.1 Å². The SMILES string of the molecule is Cn1c(SCN2C=C(c3cccc(C#N)c3)ON2)nnc1-c1cccnc1. The molecule has 0 fully saturated rings. The van der Waals surface area contributed by atoms with Crippen molar-refractivity contribution in [3.8, 4) is 17.5 Å². The standard InChI is InChI=1S/C18H15N7OS/c1-24-17(15-6-3-7-20-10-15)21-22-18(24)27-12-25-11-16(26-23-25)14-5-2-4-13(8-14)9-19/h2-8,10-11,23H,12H2,1H3. The maximum Gasteiger partial charge on any atom is 0.193 e. The Kier molecular flexibility index (Phi) is 4.74. The molecular formula is C18H15N7OS. The topological polar surface area (TPSA) is 91.9 Å². The number of nitrogens with one attached hydrogen (secondary N) is 1. The molecule has 3 heterocycles. The summed E-state index contributed by atoms with van der Waals surface area (Å²) in [4.78, 5) is 9.63. The molecule has 8 nitrogen and oxygen atoms in total. The Labute approximate surface area is 160 Å². The van der Waals surface area contributed by atoms with Gasteiger partial charge in [0, 0.05) is 30.6 Å². The zero-order valence-corrected chi connectivity index (χ0v) is 15.2. The number of hydrogen-bond donors (Lipinski definition) is 1. The van der Waals surface area contributed by atoms with Gasteiger partial charge in [-0.1, -0.05) is 29.5 Å². The van der Waals surface area contributed by atoms with E-state index in [2.05, 4.69) is 26.8 Å². The summed E-state index contributed by atoms with van der Waals surface area (Å²) in [6.45, 7) is 0. The fourth-order valence-corrected chi connectivity index (χ4v) is 3.32. The normalized spacial score (nSPS) is 13.2. The highest BCUT2D eigenvalue weighted by Crippen LogP contribution is 2.25. The Morgan fingerprint density at radius 2 is 2.11 bits per heavy atom. The lowest BCUT2D eigenvalue weighted by Crippen LogP contribution is -2.27. The van der Waals surface area contributed by atoms with Crippen molar-refractivity contribution in [2.45, 2.75) is 5.16 Å². The lowest BCUT2D eigenvalue weighted by molar-refractivity contribution is 0.0607. The third kappa shape index (κ3) is 3.62. The monoisotopic (exact) mass is 377 g/mol. The zero-order valence-electron chi connectivity index (χ0n) is 14.4. The van der Waals surface area contributed by atoms with E-state index in [1.165, 1.54) is 11.8 Å². The van der Waals surface area contributed by atoms with Gasteiger partial charge in [-0.2, -0.15) is 5.26 Å². The summed E-state index contributed by atoms with van der Waals surface area (Å²) in [5.74, 6) is 1.99. The first-order valence-corrected chi connectivity index (χ1v) is 9.07. The maximum atomic E-state index is 9.02. The van der Waals surface area contributed by atoms with Crippen molar-refractivity contribution in [1.82, 2.24) is 30.3 Å². The molecule has 0 saturated heterocycles. The van der Waals surface area contributed by atoms with Gasteiger partial charge >= 0.3 is 0 Å². The van der Waals surface area contributed by atoms with E-state index in [1.54, 1.807) is 29.5 Å². The number of nitrogens with zero attached hydrogens (tertiary/aromatic N) is 6. The molecule has 1 N–H and O–H groups in total. The summed E-state index contributed by atoms with van der Waals surface area (Å²) in [5.41, 5.74) is 5.19. The third-order valence-electron chi connectivity index (χ3n) is 3.91. The Morgan fingerprint density at radius 1 is 1.22 bits per heavy atom. The summed E-state index contributed by atoms with van der Waals surface area (Å²) in [6.07, 6.45) is 5.34. The molecule has 134 valence electrons. The van der Waals surface area contributed by atoms with Gasteiger partial charge in [-0.05, 0) is 24.3 Å². The van der Waals surface area contributed by atoms with Gasteiger partial charge in [0.15, 0.2) is 16.7 Å². The van der Waals surface area contributed by atoms with Crippen molar-refractivity contribution in [1.29, 1.82) is 5.26 Å². The first-order chi connectivity index (χ1) is 13.2. The molecule has 0 bridgehead atoms. The number of hydrazine groups is 1. The second-order valence-electron chi connectivity index (χ2n) is 5.73. The number of rotatable bonds is 5. The zero-order chi connectivity index (χ0) is 18.6. The molecule has 3 aromatic rings. The third-order valence-corrected chi connectivity index (χ3v) is 4.93. The highest BCUT2D eigenvalue weighted by molar-refractivity contribution is 7.99. The maximum absolute atomic E-state index is 9.02. The summed E-state index contributed by atoms with van der Waals surface area (Å²) in [6, 6.07) is 13.2. The molecule has 0 unspecified atom stereocenters. The van der Waals surface area contributed by atoms with E-state index in [4.69, 9.17) is 10.1 Å². The van der Waals surface area contributed by atoms with Crippen LogP contribution in [0, 0.1) is 11.3 Å². The highest BCUT2D eigenvalue weighted by atomic mass is 32.2. The predicted octanol–water partition coefficient (Wildman–Crippen LogP) is 2.55. The van der Waals surface area contributed by atoms with Gasteiger partial charge in [0.05, 0.1) is 23.7 Å². The molecule has 0 aliphatic carbocycles. The van der Waals surface area contributed by atoms with Crippen LogP contribution < -0.4 is 5.59 Å². The molecule has 1 aliphatic rings. The fourth-order valence-electron chi connectivity index (χ4n) is 2.56. The van der Waals surface area contributed by atoms with Gasteiger partial charge in [0.25, 0.3) is 0 Å². The van der Waals surface area contributed by atoms with Gasteiger partial charge in [0.2, 0.25) is 0 Å². The highest BCUT2D eigenvalue weighted by Gasteiger charge is 2.18. The van der Waals surface area contributed by atoms with E-state index in [1.807, 2.05) is 42.1 Å². The van der Waals surface area contributed by atoms with Gasteiger partial charge in [-0.3, -0.25) is 9.99 Å². The van der Waals surface area contributed by atoms with Gasteiger partial charge in [-0.15, -0.1) is 10.2 Å². The van der Waals surface area contributed by atoms with Crippen LogP contribution in [-0.2, 0) is 11.9 Å². The first kappa shape index (κ1) is 17.1. The molecule has 9 heteroatoms. The van der Waals surface area contributed by atoms with Crippen LogP contribution in [-0.4, -0.2) is 30.6 Å². The molecule has 27 heavy (non-hydrogen) atoms. The lowest BCUT2D eigenvalue weighted by atomic mass is 10.1. The van der Waals surface area contributed by atoms with Crippen molar-refractivity contribution in [3.63, 3.8) is 0 Å². The summed E-state index contributed by atoms with van der Waals surface area (Å²) < 4.78 is 1.93. The number of pyridine rings is 1. The van der Waals surface area contributed by atoms with Crippen LogP contribution in [0.1, 0.15) is 11.1 Å². The number of thioether (sulfide) groups is 1. The van der Waals surface area contributed by atoms with Crippen LogP contribution in [0.4, 0.5) is 0 Å². The minimum absolute atomic E-state index is 0.570. The molecule has 4 rings (SSSR count). The largest absolute Gasteiger partial charge is 0.387 e. The molecule has 0 amide bonds. The van der Waals surface area contributed by atoms with Gasteiger partial charge < -0.3 is 9.40 Å². The molecular weight excluding hydrogens is 362 g/mol. The summed E-state index contributed by atoms with van der Waals surface area (Å²) >= 11 is 1.52. The number of hydrogen-bond acceptors (Lipinski definition) is 8. The van der Waals surface area contributed by atoms with Crippen LogP contribution in [0.25, 0.3) is 17.1 Å². The van der Waals surface area contributed by atoms with Crippen LogP contribution in [0.15, 0.2) is 60.1 Å². The Bertz CT molecular complexity index is 1030. The number of benzene rings is 1. The molecule has 1 aliphatic heterocycles. The van der Waals surface area contributed by atoms with E-state index in [-0.39, 0.29) is 0 Å². The second kappa shape index (κ2) is 7.49. The van der Waals surface area contributed by atoms with E-state index in [0.717, 1.165) is 22.1 Å². The van der Waals surface area contributed by atoms with Crippen molar-refractivity contribution >= 4 is 17.5 Å². The van der Waals surface area contributed by atoms with Crippen molar-refractivity contribution in [2.75, 3.05) is 5.88 Å². The number of aromatic nitrogens is 4. The van der Waals surface area contributed by atoms with Crippen molar-refractivity contribution < 1.29 is 4.84 Å². The first-order valence-electron chi connectivity index (χ1n) is 8.08. The summed E-state index contributed by atoms with van der Waals surface area (Å²) in [7, 11) is 1.92. The molecule has 0 atom stereocenters. The minimum Gasteiger partial charge on any atom is -0.387 e.